The lowest BCUT2D eigenvalue weighted by Crippen LogP contribution is -2.34. The lowest BCUT2D eigenvalue weighted by Gasteiger charge is -2.25. The van der Waals surface area contributed by atoms with E-state index in [1.807, 2.05) is 19.1 Å². The largest absolute Gasteiger partial charge is 0.484 e. The number of carbonyl (C=O) groups excluding carboxylic acids is 1. The lowest BCUT2D eigenvalue weighted by molar-refractivity contribution is 0.0447. The Bertz CT molecular complexity index is 1160. The van der Waals surface area contributed by atoms with Gasteiger partial charge in [-0.3, -0.25) is 4.79 Å². The Kier molecular flexibility index (Phi) is 3.65. The number of aliphatic hydroxyl groups is 1. The SMILES string of the molecule is CC1(CO)Cc2cc(NC(=O)c3cnn4cccnc34)c(N3C[C@H]4C[C@H]4C3)cc2O1. The minimum atomic E-state index is -0.623. The number of piperidine rings is 1. The van der Waals surface area contributed by atoms with E-state index in [0.717, 1.165) is 47.6 Å². The molecular formula is C22H23N5O3. The summed E-state index contributed by atoms with van der Waals surface area (Å²) in [4.78, 5) is 19.7. The summed E-state index contributed by atoms with van der Waals surface area (Å²) in [6, 6.07) is 5.79. The standard InChI is InChI=1S/C22H23N5O3/c1-22(12-28)8-13-6-17(18(7-19(13)30-22)26-10-14-5-15(14)11-26)25-21(29)16-9-24-27-4-2-3-23-20(16)27/h2-4,6-7,9,14-15,28H,5,8,10-12H2,1H3,(H,25,29)/t14-,15+,22?. The minimum absolute atomic E-state index is 0.0549. The summed E-state index contributed by atoms with van der Waals surface area (Å²) in [6.07, 6.45) is 6.87. The molecule has 4 heterocycles. The number of aromatic nitrogens is 3. The summed E-state index contributed by atoms with van der Waals surface area (Å²) in [6.45, 7) is 3.85. The fourth-order valence-electron chi connectivity index (χ4n) is 4.77. The zero-order chi connectivity index (χ0) is 20.5. The van der Waals surface area contributed by atoms with Gasteiger partial charge in [-0.2, -0.15) is 5.10 Å². The van der Waals surface area contributed by atoms with Crippen molar-refractivity contribution in [3.63, 3.8) is 0 Å². The van der Waals surface area contributed by atoms with E-state index < -0.39 is 5.60 Å². The molecule has 154 valence electrons. The molecule has 0 radical (unpaired) electrons. The number of rotatable bonds is 4. The third-order valence-corrected chi connectivity index (χ3v) is 6.53. The first-order valence-electron chi connectivity index (χ1n) is 10.3. The Morgan fingerprint density at radius 2 is 2.20 bits per heavy atom. The van der Waals surface area contributed by atoms with Gasteiger partial charge < -0.3 is 20.1 Å². The monoisotopic (exact) mass is 405 g/mol. The van der Waals surface area contributed by atoms with Gasteiger partial charge in [-0.05, 0) is 37.3 Å². The van der Waals surface area contributed by atoms with E-state index in [0.29, 0.717) is 17.6 Å². The highest BCUT2D eigenvalue weighted by Gasteiger charge is 2.46. The number of anilines is 2. The van der Waals surface area contributed by atoms with Crippen molar-refractivity contribution < 1.29 is 14.6 Å². The van der Waals surface area contributed by atoms with Crippen LogP contribution in [-0.2, 0) is 6.42 Å². The topological polar surface area (TPSA) is 92.0 Å². The first-order valence-corrected chi connectivity index (χ1v) is 10.3. The first kappa shape index (κ1) is 17.7. The van der Waals surface area contributed by atoms with Crippen LogP contribution in [0.2, 0.25) is 0 Å². The van der Waals surface area contributed by atoms with Gasteiger partial charge in [0.05, 0.1) is 24.2 Å². The number of hydrogen-bond donors (Lipinski definition) is 2. The molecule has 1 amide bonds. The van der Waals surface area contributed by atoms with Gasteiger partial charge in [0.1, 0.15) is 16.9 Å². The number of nitrogens with one attached hydrogen (secondary N) is 1. The molecule has 2 aromatic heterocycles. The van der Waals surface area contributed by atoms with Crippen LogP contribution in [0.4, 0.5) is 11.4 Å². The predicted octanol–water partition coefficient (Wildman–Crippen LogP) is 2.12. The van der Waals surface area contributed by atoms with E-state index in [9.17, 15) is 9.90 Å². The van der Waals surface area contributed by atoms with Crippen LogP contribution in [0.1, 0.15) is 29.3 Å². The Morgan fingerprint density at radius 1 is 1.37 bits per heavy atom. The van der Waals surface area contributed by atoms with E-state index in [1.54, 1.807) is 29.2 Å². The maximum absolute atomic E-state index is 13.1. The molecule has 6 rings (SSSR count). The highest BCUT2D eigenvalue weighted by Crippen LogP contribution is 2.49. The maximum atomic E-state index is 13.1. The first-order chi connectivity index (χ1) is 14.5. The van der Waals surface area contributed by atoms with Gasteiger partial charge in [-0.1, -0.05) is 0 Å². The summed E-state index contributed by atoms with van der Waals surface area (Å²) in [5, 5.41) is 17.1. The molecule has 30 heavy (non-hydrogen) atoms. The molecule has 1 unspecified atom stereocenters. The van der Waals surface area contributed by atoms with E-state index in [2.05, 4.69) is 20.3 Å². The van der Waals surface area contributed by atoms with E-state index in [4.69, 9.17) is 4.74 Å². The average Bonchev–Trinajstić information content (AvgIpc) is 3.10. The van der Waals surface area contributed by atoms with Crippen LogP contribution in [0.5, 0.6) is 5.75 Å². The van der Waals surface area contributed by atoms with Gasteiger partial charge in [0.25, 0.3) is 5.91 Å². The molecule has 1 aliphatic carbocycles. The van der Waals surface area contributed by atoms with Gasteiger partial charge in [0.2, 0.25) is 0 Å². The molecule has 3 aromatic rings. The zero-order valence-corrected chi connectivity index (χ0v) is 16.7. The quantitative estimate of drug-likeness (QED) is 0.691. The highest BCUT2D eigenvalue weighted by atomic mass is 16.5. The van der Waals surface area contributed by atoms with Crippen molar-refractivity contribution in [2.45, 2.75) is 25.4 Å². The molecule has 8 heteroatoms. The maximum Gasteiger partial charge on any atom is 0.261 e. The van der Waals surface area contributed by atoms with Crippen molar-refractivity contribution in [3.05, 3.63) is 47.9 Å². The molecule has 2 fully saturated rings. The second-order valence-corrected chi connectivity index (χ2v) is 8.93. The summed E-state index contributed by atoms with van der Waals surface area (Å²) >= 11 is 0. The summed E-state index contributed by atoms with van der Waals surface area (Å²) in [5.41, 5.74) is 3.07. The highest BCUT2D eigenvalue weighted by molar-refractivity contribution is 6.09. The van der Waals surface area contributed by atoms with E-state index in [-0.39, 0.29) is 12.5 Å². The van der Waals surface area contributed by atoms with Crippen molar-refractivity contribution in [1.82, 2.24) is 14.6 Å². The van der Waals surface area contributed by atoms with E-state index >= 15 is 0 Å². The van der Waals surface area contributed by atoms with Crippen molar-refractivity contribution in [2.75, 3.05) is 29.9 Å². The zero-order valence-electron chi connectivity index (χ0n) is 16.7. The molecule has 3 aliphatic rings. The average molecular weight is 405 g/mol. The Labute approximate surface area is 173 Å². The summed E-state index contributed by atoms with van der Waals surface area (Å²) in [7, 11) is 0. The molecule has 0 bridgehead atoms. The molecule has 8 nitrogen and oxygen atoms in total. The number of benzene rings is 1. The van der Waals surface area contributed by atoms with Crippen molar-refractivity contribution in [1.29, 1.82) is 0 Å². The third kappa shape index (κ3) is 2.74. The molecule has 1 saturated carbocycles. The molecule has 1 saturated heterocycles. The van der Waals surface area contributed by atoms with Gasteiger partial charge in [0, 0.05) is 43.5 Å². The number of ether oxygens (including phenoxy) is 1. The molecule has 2 N–H and O–H groups in total. The Hall–Kier alpha value is -3.13. The number of amides is 1. The van der Waals surface area contributed by atoms with Crippen LogP contribution in [0.3, 0.4) is 0 Å². The van der Waals surface area contributed by atoms with Crippen LogP contribution in [-0.4, -0.2) is 50.9 Å². The smallest absolute Gasteiger partial charge is 0.261 e. The van der Waals surface area contributed by atoms with E-state index in [1.165, 1.54) is 6.42 Å². The fraction of sp³-hybridized carbons (Fsp3) is 0.409. The number of hydrogen-bond acceptors (Lipinski definition) is 6. The van der Waals surface area contributed by atoms with Crippen LogP contribution < -0.4 is 15.0 Å². The minimum Gasteiger partial charge on any atom is -0.484 e. The van der Waals surface area contributed by atoms with Gasteiger partial charge in [-0.25, -0.2) is 9.50 Å². The van der Waals surface area contributed by atoms with Gasteiger partial charge >= 0.3 is 0 Å². The predicted molar refractivity (Wildman–Crippen MR) is 111 cm³/mol. The summed E-state index contributed by atoms with van der Waals surface area (Å²) < 4.78 is 7.65. The van der Waals surface area contributed by atoms with Crippen LogP contribution >= 0.6 is 0 Å². The van der Waals surface area contributed by atoms with Crippen LogP contribution in [0, 0.1) is 11.8 Å². The van der Waals surface area contributed by atoms with Crippen LogP contribution in [0.25, 0.3) is 5.65 Å². The molecular weight excluding hydrogens is 382 g/mol. The molecule has 0 spiro atoms. The van der Waals surface area contributed by atoms with Crippen molar-refractivity contribution in [2.24, 2.45) is 11.8 Å². The van der Waals surface area contributed by atoms with Gasteiger partial charge in [-0.15, -0.1) is 0 Å². The van der Waals surface area contributed by atoms with Gasteiger partial charge in [0.15, 0.2) is 5.65 Å². The van der Waals surface area contributed by atoms with Crippen LogP contribution in [0.15, 0.2) is 36.8 Å². The summed E-state index contributed by atoms with van der Waals surface area (Å²) in [5.74, 6) is 2.07. The van der Waals surface area contributed by atoms with Crippen molar-refractivity contribution in [3.8, 4) is 5.75 Å². The molecule has 3 atom stereocenters. The fourth-order valence-corrected chi connectivity index (χ4v) is 4.77. The third-order valence-electron chi connectivity index (χ3n) is 6.53. The Morgan fingerprint density at radius 3 is 3.00 bits per heavy atom. The number of fused-ring (bicyclic) bond motifs is 3. The normalized spacial score (nSPS) is 26.4. The molecule has 2 aliphatic heterocycles. The number of aliphatic hydroxyl groups excluding tert-OH is 1. The molecule has 1 aromatic carbocycles. The van der Waals surface area contributed by atoms with Crippen molar-refractivity contribution >= 4 is 22.9 Å². The Balaban J connectivity index is 1.37. The lowest BCUT2D eigenvalue weighted by atomic mass is 9.99. The second kappa shape index (κ2) is 6.18. The second-order valence-electron chi connectivity index (χ2n) is 8.93. The number of carbonyl (C=O) groups is 1. The number of nitrogens with zero attached hydrogens (tertiary/aromatic N) is 4.